The highest BCUT2D eigenvalue weighted by molar-refractivity contribution is 7.09. The summed E-state index contributed by atoms with van der Waals surface area (Å²) in [6.45, 7) is 2.47. The first-order chi connectivity index (χ1) is 9.65. The molecule has 2 aromatic rings. The van der Waals surface area contributed by atoms with Gasteiger partial charge in [0.15, 0.2) is 6.61 Å². The summed E-state index contributed by atoms with van der Waals surface area (Å²) in [5.41, 5.74) is 1.01. The zero-order valence-corrected chi connectivity index (χ0v) is 12.6. The number of amides is 1. The number of ether oxygens (including phenoxy) is 1. The Morgan fingerprint density at radius 2 is 2.25 bits per heavy atom. The summed E-state index contributed by atoms with van der Waals surface area (Å²) in [6, 6.07) is 7.07. The van der Waals surface area contributed by atoms with E-state index in [0.717, 1.165) is 17.1 Å². The average Bonchev–Trinajstić information content (AvgIpc) is 2.83. The number of rotatable bonds is 6. The summed E-state index contributed by atoms with van der Waals surface area (Å²) in [6.07, 6.45) is 0.732. The Kier molecular flexibility index (Phi) is 5.38. The minimum Gasteiger partial charge on any atom is -0.482 e. The van der Waals surface area contributed by atoms with Crippen molar-refractivity contribution in [2.45, 2.75) is 13.3 Å². The van der Waals surface area contributed by atoms with E-state index in [1.807, 2.05) is 24.4 Å². The van der Waals surface area contributed by atoms with Crippen molar-refractivity contribution >= 4 is 28.8 Å². The fourth-order valence-corrected chi connectivity index (χ4v) is 2.55. The number of benzene rings is 1. The number of thiazole rings is 1. The highest BCUT2D eigenvalue weighted by atomic mass is 35.5. The number of para-hydroxylation sites is 1. The third kappa shape index (κ3) is 4.51. The fourth-order valence-electron chi connectivity index (χ4n) is 1.58. The largest absolute Gasteiger partial charge is 0.482 e. The van der Waals surface area contributed by atoms with Crippen molar-refractivity contribution in [2.75, 3.05) is 13.2 Å². The summed E-state index contributed by atoms with van der Waals surface area (Å²) in [4.78, 5) is 16.0. The first kappa shape index (κ1) is 14.8. The Labute approximate surface area is 126 Å². The van der Waals surface area contributed by atoms with E-state index < -0.39 is 0 Å². The van der Waals surface area contributed by atoms with Gasteiger partial charge in [-0.15, -0.1) is 11.3 Å². The van der Waals surface area contributed by atoms with Crippen LogP contribution < -0.4 is 10.1 Å². The lowest BCUT2D eigenvalue weighted by molar-refractivity contribution is -0.123. The van der Waals surface area contributed by atoms with E-state index in [-0.39, 0.29) is 12.5 Å². The average molecular weight is 311 g/mol. The minimum absolute atomic E-state index is 0.0410. The molecule has 0 aliphatic heterocycles. The molecule has 1 heterocycles. The Bertz CT molecular complexity index is 586. The monoisotopic (exact) mass is 310 g/mol. The zero-order chi connectivity index (χ0) is 14.4. The van der Waals surface area contributed by atoms with Crippen LogP contribution in [0.5, 0.6) is 5.75 Å². The highest BCUT2D eigenvalue weighted by Crippen LogP contribution is 2.22. The van der Waals surface area contributed by atoms with E-state index in [9.17, 15) is 4.79 Å². The predicted octanol–water partition coefficient (Wildman–Crippen LogP) is 2.84. The van der Waals surface area contributed by atoms with Gasteiger partial charge in [-0.3, -0.25) is 4.79 Å². The molecule has 1 aromatic heterocycles. The van der Waals surface area contributed by atoms with Crippen molar-refractivity contribution in [2.24, 2.45) is 0 Å². The smallest absolute Gasteiger partial charge is 0.257 e. The van der Waals surface area contributed by atoms with Crippen LogP contribution in [0.25, 0.3) is 0 Å². The summed E-state index contributed by atoms with van der Waals surface area (Å²) >= 11 is 7.53. The van der Waals surface area contributed by atoms with Crippen LogP contribution in [0.2, 0.25) is 5.02 Å². The lowest BCUT2D eigenvalue weighted by Gasteiger charge is -2.08. The number of hydrogen-bond acceptors (Lipinski definition) is 4. The van der Waals surface area contributed by atoms with Crippen LogP contribution in [-0.2, 0) is 11.2 Å². The van der Waals surface area contributed by atoms with Crippen molar-refractivity contribution in [1.82, 2.24) is 10.3 Å². The van der Waals surface area contributed by atoms with Crippen molar-refractivity contribution in [3.8, 4) is 5.75 Å². The second-order valence-corrected chi connectivity index (χ2v) is 5.55. The molecule has 6 heteroatoms. The molecule has 0 unspecified atom stereocenters. The number of nitrogens with zero attached hydrogens (tertiary/aromatic N) is 1. The molecule has 2 rings (SSSR count). The minimum atomic E-state index is -0.168. The number of carbonyl (C=O) groups excluding carboxylic acids is 1. The number of aromatic nitrogens is 1. The van der Waals surface area contributed by atoms with Gasteiger partial charge in [-0.05, 0) is 19.1 Å². The summed E-state index contributed by atoms with van der Waals surface area (Å²) in [5.74, 6) is 0.345. The van der Waals surface area contributed by atoms with Crippen molar-refractivity contribution in [1.29, 1.82) is 0 Å². The second kappa shape index (κ2) is 7.26. The van der Waals surface area contributed by atoms with Crippen LogP contribution in [0, 0.1) is 6.92 Å². The Morgan fingerprint density at radius 3 is 2.95 bits per heavy atom. The number of nitrogens with one attached hydrogen (secondary N) is 1. The number of halogens is 1. The SMILES string of the molecule is Cc1csc(CCNC(=O)COc2ccccc2Cl)n1. The highest BCUT2D eigenvalue weighted by Gasteiger charge is 2.05. The molecule has 0 saturated carbocycles. The lowest BCUT2D eigenvalue weighted by atomic mass is 10.3. The fraction of sp³-hybridized carbons (Fsp3) is 0.286. The van der Waals surface area contributed by atoms with Gasteiger partial charge in [0, 0.05) is 24.0 Å². The topological polar surface area (TPSA) is 51.2 Å². The molecular formula is C14H15ClN2O2S. The van der Waals surface area contributed by atoms with E-state index in [1.165, 1.54) is 0 Å². The molecule has 0 radical (unpaired) electrons. The van der Waals surface area contributed by atoms with Crippen molar-refractivity contribution in [3.05, 3.63) is 45.4 Å². The zero-order valence-electron chi connectivity index (χ0n) is 11.1. The van der Waals surface area contributed by atoms with Gasteiger partial charge >= 0.3 is 0 Å². The van der Waals surface area contributed by atoms with Crippen molar-refractivity contribution < 1.29 is 9.53 Å². The molecule has 0 aliphatic carbocycles. The summed E-state index contributed by atoms with van der Waals surface area (Å²) in [5, 5.41) is 6.31. The van der Waals surface area contributed by atoms with Gasteiger partial charge in [-0.25, -0.2) is 4.98 Å². The Hall–Kier alpha value is -1.59. The van der Waals surface area contributed by atoms with E-state index >= 15 is 0 Å². The normalized spacial score (nSPS) is 10.3. The maximum Gasteiger partial charge on any atom is 0.257 e. The Balaban J connectivity index is 1.69. The third-order valence-electron chi connectivity index (χ3n) is 2.52. The molecule has 106 valence electrons. The lowest BCUT2D eigenvalue weighted by Crippen LogP contribution is -2.30. The first-order valence-corrected chi connectivity index (χ1v) is 7.46. The molecule has 0 fully saturated rings. The van der Waals surface area contributed by atoms with Crippen LogP contribution in [-0.4, -0.2) is 24.0 Å². The van der Waals surface area contributed by atoms with E-state index in [1.54, 1.807) is 23.5 Å². The third-order valence-corrected chi connectivity index (χ3v) is 3.86. The van der Waals surface area contributed by atoms with Crippen LogP contribution in [0.3, 0.4) is 0 Å². The molecular weight excluding hydrogens is 296 g/mol. The molecule has 0 spiro atoms. The van der Waals surface area contributed by atoms with Gasteiger partial charge in [-0.2, -0.15) is 0 Å². The molecule has 0 aliphatic rings. The maximum atomic E-state index is 11.6. The quantitative estimate of drug-likeness (QED) is 0.892. The number of hydrogen-bond donors (Lipinski definition) is 1. The first-order valence-electron chi connectivity index (χ1n) is 6.20. The second-order valence-electron chi connectivity index (χ2n) is 4.20. The van der Waals surface area contributed by atoms with E-state index in [4.69, 9.17) is 16.3 Å². The number of carbonyl (C=O) groups is 1. The molecule has 1 aromatic carbocycles. The van der Waals surface area contributed by atoms with Gasteiger partial charge in [0.05, 0.1) is 10.0 Å². The predicted molar refractivity (Wildman–Crippen MR) is 80.5 cm³/mol. The molecule has 0 bridgehead atoms. The van der Waals surface area contributed by atoms with Gasteiger partial charge in [0.25, 0.3) is 5.91 Å². The van der Waals surface area contributed by atoms with Gasteiger partial charge in [0.1, 0.15) is 5.75 Å². The molecule has 1 N–H and O–H groups in total. The van der Waals surface area contributed by atoms with Crippen LogP contribution >= 0.6 is 22.9 Å². The summed E-state index contributed by atoms with van der Waals surface area (Å²) < 4.78 is 5.35. The van der Waals surface area contributed by atoms with Gasteiger partial charge < -0.3 is 10.1 Å². The Morgan fingerprint density at radius 1 is 1.45 bits per heavy atom. The molecule has 1 amide bonds. The van der Waals surface area contributed by atoms with Gasteiger partial charge in [-0.1, -0.05) is 23.7 Å². The number of aryl methyl sites for hydroxylation is 1. The summed E-state index contributed by atoms with van der Waals surface area (Å²) in [7, 11) is 0. The standard InChI is InChI=1S/C14H15ClN2O2S/c1-10-9-20-14(17-10)6-7-16-13(18)8-19-12-5-3-2-4-11(12)15/h2-5,9H,6-8H2,1H3,(H,16,18). The maximum absolute atomic E-state index is 11.6. The van der Waals surface area contributed by atoms with Crippen molar-refractivity contribution in [3.63, 3.8) is 0 Å². The van der Waals surface area contributed by atoms with E-state index in [0.29, 0.717) is 17.3 Å². The molecule has 0 saturated heterocycles. The van der Waals surface area contributed by atoms with Crippen LogP contribution in [0.4, 0.5) is 0 Å². The van der Waals surface area contributed by atoms with Crippen LogP contribution in [0.1, 0.15) is 10.7 Å². The van der Waals surface area contributed by atoms with E-state index in [2.05, 4.69) is 10.3 Å². The molecule has 20 heavy (non-hydrogen) atoms. The van der Waals surface area contributed by atoms with Gasteiger partial charge in [0.2, 0.25) is 0 Å². The molecule has 0 atom stereocenters. The molecule has 4 nitrogen and oxygen atoms in total. The van der Waals surface area contributed by atoms with Crippen LogP contribution in [0.15, 0.2) is 29.6 Å².